The number of nitrogens with zero attached hydrogens (tertiary/aromatic N) is 2. The molecule has 0 aliphatic rings. The molecule has 13 heteroatoms. The second-order valence-corrected chi connectivity index (χ2v) is 14.5. The number of amides is 3. The number of rotatable bonds is 19. The number of benzene rings is 2. The summed E-state index contributed by atoms with van der Waals surface area (Å²) in [7, 11) is 3.06. The fraction of sp³-hybridized carbons (Fsp3) is 0.513. The lowest BCUT2D eigenvalue weighted by Gasteiger charge is -2.37. The number of carbonyl (C=O) groups excluding carboxylic acids is 4. The summed E-state index contributed by atoms with van der Waals surface area (Å²) in [6.07, 6.45) is -0.0964. The van der Waals surface area contributed by atoms with Gasteiger partial charge in [-0.05, 0) is 42.4 Å². The van der Waals surface area contributed by atoms with Crippen LogP contribution in [0.4, 0.5) is 10.5 Å². The summed E-state index contributed by atoms with van der Waals surface area (Å²) in [5.74, 6) is -1.72. The number of aliphatic hydroxyl groups excluding tert-OH is 1. The van der Waals surface area contributed by atoms with E-state index < -0.39 is 42.3 Å². The van der Waals surface area contributed by atoms with Gasteiger partial charge in [0.05, 0.1) is 18.7 Å². The minimum atomic E-state index is -1.17. The monoisotopic (exact) mass is 737 g/mol. The Hall–Kier alpha value is -4.33. The predicted octanol–water partition coefficient (Wildman–Crippen LogP) is 6.25. The molecule has 3 aromatic rings. The zero-order chi connectivity index (χ0) is 38.4. The number of likely N-dealkylation sites (N-methyl/N-ethyl adjacent to an activating group) is 1. The van der Waals surface area contributed by atoms with E-state index in [0.717, 1.165) is 5.56 Å². The molecule has 0 spiro atoms. The van der Waals surface area contributed by atoms with Crippen LogP contribution < -0.4 is 16.0 Å². The number of aliphatic hydroxyl groups is 1. The highest BCUT2D eigenvalue weighted by Gasteiger charge is 2.36. The van der Waals surface area contributed by atoms with Crippen molar-refractivity contribution in [2.75, 3.05) is 19.5 Å². The van der Waals surface area contributed by atoms with E-state index in [1.165, 1.54) is 25.4 Å². The van der Waals surface area contributed by atoms with E-state index in [1.807, 2.05) is 76.2 Å². The van der Waals surface area contributed by atoms with E-state index in [0.29, 0.717) is 35.7 Å². The fourth-order valence-corrected chi connectivity index (χ4v) is 6.99. The number of hydrogen-bond acceptors (Lipinski definition) is 10. The Kier molecular flexibility index (Phi) is 16.7. The summed E-state index contributed by atoms with van der Waals surface area (Å²) in [6, 6.07) is 16.8. The average molecular weight is 738 g/mol. The quantitative estimate of drug-likeness (QED) is 0.0825. The van der Waals surface area contributed by atoms with Crippen molar-refractivity contribution in [3.63, 3.8) is 0 Å². The number of methoxy groups -OCH3 is 1. The second kappa shape index (κ2) is 20.6. The minimum absolute atomic E-state index is 0.0510. The van der Waals surface area contributed by atoms with Crippen molar-refractivity contribution in [2.24, 2.45) is 17.8 Å². The van der Waals surface area contributed by atoms with Crippen molar-refractivity contribution in [1.29, 1.82) is 0 Å². The lowest BCUT2D eigenvalue weighted by molar-refractivity contribution is -0.149. The summed E-state index contributed by atoms with van der Waals surface area (Å²) in [5.41, 5.74) is 2.00. The summed E-state index contributed by atoms with van der Waals surface area (Å²) in [6.45, 7) is 11.0. The largest absolute Gasteiger partial charge is 0.469 e. The number of ether oxygens (including phenoxy) is 2. The van der Waals surface area contributed by atoms with Gasteiger partial charge in [-0.2, -0.15) is 0 Å². The van der Waals surface area contributed by atoms with Gasteiger partial charge in [0.15, 0.2) is 6.10 Å². The first-order valence-electron chi connectivity index (χ1n) is 17.8. The molecule has 0 saturated heterocycles. The predicted molar refractivity (Wildman–Crippen MR) is 202 cm³/mol. The molecule has 0 fully saturated rings. The Morgan fingerprint density at radius 2 is 1.60 bits per heavy atom. The molecule has 4 N–H and O–H groups in total. The molecule has 3 rings (SSSR count). The van der Waals surface area contributed by atoms with Gasteiger partial charge in [0.1, 0.15) is 17.3 Å². The van der Waals surface area contributed by atoms with E-state index in [9.17, 15) is 24.3 Å². The lowest BCUT2D eigenvalue weighted by atomic mass is 9.93. The SMILES string of the molecule is CC[C@H](C)[C@H](NC(=O)Nc1ccccc1)C(=O)N(C)[C@H](C[C@@H](OC(C)=O)c1nc(C(O)N[C@@H](Cc2ccccc2)C[C@H](C)C(=O)OC)cs1)C(C)C. The van der Waals surface area contributed by atoms with E-state index in [4.69, 9.17) is 14.5 Å². The summed E-state index contributed by atoms with van der Waals surface area (Å²) in [5, 5.41) is 22.4. The van der Waals surface area contributed by atoms with E-state index >= 15 is 0 Å². The maximum absolute atomic E-state index is 14.1. The first-order chi connectivity index (χ1) is 24.7. The van der Waals surface area contributed by atoms with Crippen molar-refractivity contribution in [2.45, 2.75) is 97.7 Å². The van der Waals surface area contributed by atoms with Gasteiger partial charge in [-0.25, -0.2) is 9.78 Å². The zero-order valence-corrected chi connectivity index (χ0v) is 32.3. The van der Waals surface area contributed by atoms with Crippen LogP contribution in [-0.2, 0) is 30.3 Å². The van der Waals surface area contributed by atoms with Gasteiger partial charge in [-0.3, -0.25) is 19.7 Å². The first-order valence-corrected chi connectivity index (χ1v) is 18.7. The molecule has 52 heavy (non-hydrogen) atoms. The number of hydrogen-bond donors (Lipinski definition) is 4. The molecule has 1 unspecified atom stereocenters. The van der Waals surface area contributed by atoms with E-state index in [1.54, 1.807) is 36.4 Å². The molecule has 0 aliphatic heterocycles. The van der Waals surface area contributed by atoms with Gasteiger partial charge in [0, 0.05) is 43.5 Å². The van der Waals surface area contributed by atoms with Gasteiger partial charge in [-0.15, -0.1) is 11.3 Å². The Balaban J connectivity index is 1.80. The molecule has 0 radical (unpaired) electrons. The third kappa shape index (κ3) is 12.7. The number of anilines is 1. The molecule has 1 aromatic heterocycles. The van der Waals surface area contributed by atoms with Crippen LogP contribution in [-0.4, -0.2) is 71.2 Å². The summed E-state index contributed by atoms with van der Waals surface area (Å²) in [4.78, 5) is 58.0. The number of carbonyl (C=O) groups is 4. The molecular weight excluding hydrogens is 683 g/mol. The zero-order valence-electron chi connectivity index (χ0n) is 31.5. The molecule has 0 saturated carbocycles. The van der Waals surface area contributed by atoms with Crippen molar-refractivity contribution < 1.29 is 33.8 Å². The first kappa shape index (κ1) is 42.1. The molecule has 12 nitrogen and oxygen atoms in total. The van der Waals surface area contributed by atoms with Crippen LogP contribution in [0.2, 0.25) is 0 Å². The van der Waals surface area contributed by atoms with Crippen LogP contribution in [0.3, 0.4) is 0 Å². The number of para-hydroxylation sites is 1. The van der Waals surface area contributed by atoms with Crippen LogP contribution in [0.5, 0.6) is 0 Å². The van der Waals surface area contributed by atoms with Crippen LogP contribution in [0.15, 0.2) is 66.0 Å². The number of nitrogens with one attached hydrogen (secondary N) is 3. The van der Waals surface area contributed by atoms with Crippen molar-refractivity contribution in [1.82, 2.24) is 20.5 Å². The third-order valence-electron chi connectivity index (χ3n) is 9.23. The number of esters is 2. The smallest absolute Gasteiger partial charge is 0.319 e. The van der Waals surface area contributed by atoms with Crippen LogP contribution in [0.25, 0.3) is 0 Å². The van der Waals surface area contributed by atoms with Crippen LogP contribution in [0, 0.1) is 17.8 Å². The average Bonchev–Trinajstić information content (AvgIpc) is 3.62. The van der Waals surface area contributed by atoms with Gasteiger partial charge in [0.25, 0.3) is 0 Å². The number of thiazole rings is 1. The number of aromatic nitrogens is 1. The Bertz CT molecular complexity index is 1570. The molecular formula is C39H55N5O7S. The molecule has 284 valence electrons. The molecule has 7 atom stereocenters. The van der Waals surface area contributed by atoms with E-state index in [2.05, 4.69) is 16.0 Å². The fourth-order valence-electron chi connectivity index (χ4n) is 6.11. The van der Waals surface area contributed by atoms with Gasteiger partial charge < -0.3 is 30.1 Å². The lowest BCUT2D eigenvalue weighted by Crippen LogP contribution is -2.55. The highest BCUT2D eigenvalue weighted by Crippen LogP contribution is 2.32. The Morgan fingerprint density at radius 1 is 0.962 bits per heavy atom. The summed E-state index contributed by atoms with van der Waals surface area (Å²) >= 11 is 1.25. The maximum Gasteiger partial charge on any atom is 0.319 e. The van der Waals surface area contributed by atoms with E-state index in [-0.39, 0.29) is 36.2 Å². The maximum atomic E-state index is 14.1. The molecule has 0 bridgehead atoms. The van der Waals surface area contributed by atoms with Crippen LogP contribution in [0.1, 0.15) is 89.4 Å². The molecule has 3 amide bonds. The van der Waals surface area contributed by atoms with Gasteiger partial charge in [0.2, 0.25) is 5.91 Å². The normalized spacial score (nSPS) is 15.3. The standard InChI is InChI=1S/C39H55N5O7S/c1-9-25(4)34(43-39(49)41-29-18-14-11-15-19-29)37(47)44(7)32(24(2)3)22-33(51-27(6)45)36-42-31(23-52-36)35(46)40-30(20-26(5)38(48)50-8)21-28-16-12-10-13-17-28/h10-19,23-26,30,32-35,40,46H,9,20-22H2,1-8H3,(H2,41,43,49)/t25-,26-,30+,32+,33+,34-,35?/m0/s1. The van der Waals surface area contributed by atoms with Gasteiger partial charge in [-0.1, -0.05) is 89.6 Å². The molecule has 0 aliphatic carbocycles. The summed E-state index contributed by atoms with van der Waals surface area (Å²) < 4.78 is 10.7. The highest BCUT2D eigenvalue weighted by atomic mass is 32.1. The minimum Gasteiger partial charge on any atom is -0.469 e. The third-order valence-corrected chi connectivity index (χ3v) is 10.2. The van der Waals surface area contributed by atoms with Gasteiger partial charge >= 0.3 is 18.0 Å². The molecule has 1 heterocycles. The van der Waals surface area contributed by atoms with Crippen molar-refractivity contribution in [3.8, 4) is 0 Å². The second-order valence-electron chi connectivity index (χ2n) is 13.6. The molecule has 2 aromatic carbocycles. The Morgan fingerprint density at radius 3 is 2.17 bits per heavy atom. The topological polar surface area (TPSA) is 159 Å². The van der Waals surface area contributed by atoms with Crippen molar-refractivity contribution >= 4 is 40.9 Å². The highest BCUT2D eigenvalue weighted by molar-refractivity contribution is 7.09. The Labute approximate surface area is 311 Å². The van der Waals surface area contributed by atoms with Crippen molar-refractivity contribution in [3.05, 3.63) is 82.3 Å². The van der Waals surface area contributed by atoms with Crippen LogP contribution >= 0.6 is 11.3 Å². The number of urea groups is 1.